The minimum absolute atomic E-state index is 0.0353. The molecule has 1 N–H and O–H groups in total. The summed E-state index contributed by atoms with van der Waals surface area (Å²) in [5, 5.41) is 10.6. The number of allylic oxidation sites excluding steroid dienone is 2. The first-order valence-corrected chi connectivity index (χ1v) is 12.4. The van der Waals surface area contributed by atoms with E-state index in [4.69, 9.17) is 4.74 Å². The largest absolute Gasteiger partial charge is 0.463 e. The van der Waals surface area contributed by atoms with Gasteiger partial charge in [0.1, 0.15) is 0 Å². The molecule has 0 bridgehead atoms. The molecular weight excluding hydrogens is 384 g/mol. The van der Waals surface area contributed by atoms with E-state index in [1.165, 1.54) is 24.8 Å². The first-order chi connectivity index (χ1) is 14.9. The van der Waals surface area contributed by atoms with Crippen LogP contribution in [0.4, 0.5) is 0 Å². The maximum Gasteiger partial charge on any atom is 0.306 e. The molecule has 1 fully saturated rings. The summed E-state index contributed by atoms with van der Waals surface area (Å²) in [4.78, 5) is 11.6. The Morgan fingerprint density at radius 1 is 1.13 bits per heavy atom. The summed E-state index contributed by atoms with van der Waals surface area (Å²) in [5.74, 6) is 2.19. The summed E-state index contributed by atoms with van der Waals surface area (Å²) in [5.41, 5.74) is 1.43. The summed E-state index contributed by atoms with van der Waals surface area (Å²) in [7, 11) is 0. The van der Waals surface area contributed by atoms with E-state index in [1.807, 2.05) is 13.8 Å². The third-order valence-electron chi connectivity index (χ3n) is 6.84. The Bertz CT molecular complexity index is 651. The Morgan fingerprint density at radius 2 is 1.87 bits per heavy atom. The van der Waals surface area contributed by atoms with Crippen LogP contribution in [0.25, 0.3) is 0 Å². The molecule has 1 aliphatic carbocycles. The fourth-order valence-electron chi connectivity index (χ4n) is 5.00. The molecule has 5 atom stereocenters. The maximum atomic E-state index is 11.6. The normalized spacial score (nSPS) is 24.7. The number of aliphatic hydroxyl groups excluding tert-OH is 1. The van der Waals surface area contributed by atoms with E-state index in [1.54, 1.807) is 0 Å². The van der Waals surface area contributed by atoms with Crippen LogP contribution in [0.3, 0.4) is 0 Å². The van der Waals surface area contributed by atoms with Crippen molar-refractivity contribution in [3.8, 4) is 0 Å². The summed E-state index contributed by atoms with van der Waals surface area (Å²) < 4.78 is 5.17. The lowest BCUT2D eigenvalue weighted by Gasteiger charge is -2.24. The summed E-state index contributed by atoms with van der Waals surface area (Å²) in [6, 6.07) is 10.8. The molecule has 0 unspecified atom stereocenters. The van der Waals surface area contributed by atoms with E-state index in [9.17, 15) is 9.90 Å². The highest BCUT2D eigenvalue weighted by Gasteiger charge is 2.38. The number of rotatable bonds is 13. The molecule has 2 rings (SSSR count). The van der Waals surface area contributed by atoms with Gasteiger partial charge >= 0.3 is 5.97 Å². The molecule has 1 saturated carbocycles. The van der Waals surface area contributed by atoms with Gasteiger partial charge in [-0.15, -0.1) is 0 Å². The molecule has 1 aliphatic rings. The zero-order valence-corrected chi connectivity index (χ0v) is 20.1. The summed E-state index contributed by atoms with van der Waals surface area (Å²) >= 11 is 0. The average molecular weight is 429 g/mol. The topological polar surface area (TPSA) is 46.5 Å². The van der Waals surface area contributed by atoms with Crippen LogP contribution >= 0.6 is 0 Å². The molecule has 3 heteroatoms. The van der Waals surface area contributed by atoms with Crippen molar-refractivity contribution in [2.24, 2.45) is 23.7 Å². The van der Waals surface area contributed by atoms with Crippen LogP contribution in [0.15, 0.2) is 42.5 Å². The van der Waals surface area contributed by atoms with Gasteiger partial charge in [-0.25, -0.2) is 0 Å². The Balaban J connectivity index is 1.70. The number of ether oxygens (including phenoxy) is 1. The van der Waals surface area contributed by atoms with Crippen molar-refractivity contribution in [3.05, 3.63) is 48.0 Å². The third kappa shape index (κ3) is 9.60. The number of aliphatic hydroxyl groups is 1. The number of benzene rings is 1. The second-order valence-electron chi connectivity index (χ2n) is 9.95. The van der Waals surface area contributed by atoms with E-state index < -0.39 is 0 Å². The van der Waals surface area contributed by atoms with Gasteiger partial charge in [-0.2, -0.15) is 0 Å². The molecule has 0 spiro atoms. The molecule has 0 radical (unpaired) electrons. The third-order valence-corrected chi connectivity index (χ3v) is 6.84. The van der Waals surface area contributed by atoms with Crippen molar-refractivity contribution in [3.63, 3.8) is 0 Å². The van der Waals surface area contributed by atoms with Crippen LogP contribution in [0.1, 0.15) is 84.6 Å². The minimum atomic E-state index is -0.176. The van der Waals surface area contributed by atoms with Crippen LogP contribution in [0.5, 0.6) is 0 Å². The SMILES string of the molecule is CC(C)OC(=O)CCC/C=C\C[C@@H]1[C@@H](CC[C@@H](C)CCc2ccccc2)[C@H](C)C[C@@H]1O. The van der Waals surface area contributed by atoms with Gasteiger partial charge in [0.15, 0.2) is 0 Å². The van der Waals surface area contributed by atoms with Gasteiger partial charge in [-0.3, -0.25) is 4.79 Å². The minimum Gasteiger partial charge on any atom is -0.463 e. The van der Waals surface area contributed by atoms with E-state index in [0.717, 1.165) is 32.1 Å². The van der Waals surface area contributed by atoms with Crippen molar-refractivity contribution in [2.75, 3.05) is 0 Å². The number of unbranched alkanes of at least 4 members (excludes halogenated alkanes) is 1. The highest BCUT2D eigenvalue weighted by atomic mass is 16.5. The molecule has 174 valence electrons. The van der Waals surface area contributed by atoms with Gasteiger partial charge < -0.3 is 9.84 Å². The van der Waals surface area contributed by atoms with Gasteiger partial charge in [-0.05, 0) is 88.0 Å². The lowest BCUT2D eigenvalue weighted by atomic mass is 9.81. The van der Waals surface area contributed by atoms with Gasteiger partial charge in [0.2, 0.25) is 0 Å². The second-order valence-corrected chi connectivity index (χ2v) is 9.95. The number of aryl methyl sites for hydroxylation is 1. The van der Waals surface area contributed by atoms with Crippen LogP contribution < -0.4 is 0 Å². The van der Waals surface area contributed by atoms with Crippen LogP contribution in [-0.2, 0) is 16.0 Å². The molecular formula is C28H44O3. The zero-order valence-electron chi connectivity index (χ0n) is 20.1. The molecule has 0 amide bonds. The summed E-state index contributed by atoms with van der Waals surface area (Å²) in [6.07, 6.45) is 13.1. The van der Waals surface area contributed by atoms with Gasteiger partial charge in [0.05, 0.1) is 12.2 Å². The highest BCUT2D eigenvalue weighted by Crippen LogP contribution is 2.42. The molecule has 0 heterocycles. The molecule has 1 aromatic rings. The Morgan fingerprint density at radius 3 is 2.58 bits per heavy atom. The lowest BCUT2D eigenvalue weighted by molar-refractivity contribution is -0.147. The molecule has 31 heavy (non-hydrogen) atoms. The quantitative estimate of drug-likeness (QED) is 0.215. The first-order valence-electron chi connectivity index (χ1n) is 12.4. The van der Waals surface area contributed by atoms with E-state index in [-0.39, 0.29) is 18.2 Å². The van der Waals surface area contributed by atoms with Gasteiger partial charge in [0, 0.05) is 6.42 Å². The summed E-state index contributed by atoms with van der Waals surface area (Å²) in [6.45, 7) is 8.45. The van der Waals surface area contributed by atoms with Gasteiger partial charge in [0.25, 0.3) is 0 Å². The Kier molecular flexibility index (Phi) is 11.4. The standard InChI is InChI=1S/C28H44O3/c1-21(2)31-28(30)15-11-6-5-10-14-26-25(23(4)20-27(26)29)19-17-22(3)16-18-24-12-8-7-9-13-24/h5,7-10,12-13,21-23,25-27,29H,6,11,14-20H2,1-4H3/b10-5-/t22-,23+,25-,26+,27-/m0/s1. The van der Waals surface area contributed by atoms with Crippen molar-refractivity contribution in [1.82, 2.24) is 0 Å². The zero-order chi connectivity index (χ0) is 22.6. The van der Waals surface area contributed by atoms with Crippen molar-refractivity contribution in [1.29, 1.82) is 0 Å². The van der Waals surface area contributed by atoms with Crippen LogP contribution in [-0.4, -0.2) is 23.3 Å². The number of hydrogen-bond donors (Lipinski definition) is 1. The Hall–Kier alpha value is -1.61. The first kappa shape index (κ1) is 25.6. The molecule has 0 aromatic heterocycles. The van der Waals surface area contributed by atoms with Crippen molar-refractivity contribution < 1.29 is 14.6 Å². The van der Waals surface area contributed by atoms with Crippen molar-refractivity contribution in [2.45, 2.75) is 97.7 Å². The second kappa shape index (κ2) is 13.7. The van der Waals surface area contributed by atoms with E-state index >= 15 is 0 Å². The van der Waals surface area contributed by atoms with Crippen LogP contribution in [0, 0.1) is 23.7 Å². The maximum absolute atomic E-state index is 11.6. The van der Waals surface area contributed by atoms with E-state index in [2.05, 4.69) is 56.3 Å². The molecule has 0 aliphatic heterocycles. The number of esters is 1. The predicted molar refractivity (Wildman–Crippen MR) is 129 cm³/mol. The predicted octanol–water partition coefficient (Wildman–Crippen LogP) is 6.74. The lowest BCUT2D eigenvalue weighted by Crippen LogP contribution is -2.20. The van der Waals surface area contributed by atoms with E-state index in [0.29, 0.717) is 30.1 Å². The van der Waals surface area contributed by atoms with Crippen molar-refractivity contribution >= 4 is 5.97 Å². The smallest absolute Gasteiger partial charge is 0.306 e. The molecule has 1 aromatic carbocycles. The fraction of sp³-hybridized carbons (Fsp3) is 0.679. The molecule has 0 saturated heterocycles. The number of carbonyl (C=O) groups is 1. The number of carbonyl (C=O) groups excluding carboxylic acids is 1. The average Bonchev–Trinajstić information content (AvgIpc) is 3.00. The van der Waals surface area contributed by atoms with Crippen LogP contribution in [0.2, 0.25) is 0 Å². The fourth-order valence-corrected chi connectivity index (χ4v) is 5.00. The number of hydrogen-bond acceptors (Lipinski definition) is 3. The monoisotopic (exact) mass is 428 g/mol. The van der Waals surface area contributed by atoms with Gasteiger partial charge in [-0.1, -0.05) is 62.8 Å². The Labute approximate surface area is 190 Å². The molecule has 3 nitrogen and oxygen atoms in total. The highest BCUT2D eigenvalue weighted by molar-refractivity contribution is 5.69.